The lowest BCUT2D eigenvalue weighted by Crippen LogP contribution is -2.54. The van der Waals surface area contributed by atoms with Gasteiger partial charge in [-0.1, -0.05) is 92.5 Å². The number of hydrogen-bond donors (Lipinski definition) is 1. The highest BCUT2D eigenvalue weighted by atomic mass is 79.9. The second-order valence-electron chi connectivity index (χ2n) is 10.3. The van der Waals surface area contributed by atoms with Gasteiger partial charge in [-0.3, -0.25) is 13.9 Å². The van der Waals surface area contributed by atoms with E-state index in [-0.39, 0.29) is 29.8 Å². The lowest BCUT2D eigenvalue weighted by Gasteiger charge is -2.34. The number of nitrogens with zero attached hydrogens (tertiary/aromatic N) is 2. The summed E-state index contributed by atoms with van der Waals surface area (Å²) >= 11 is 6.85. The number of benzene rings is 4. The lowest BCUT2D eigenvalue weighted by molar-refractivity contribution is -0.140. The maximum absolute atomic E-state index is 14.4. The molecule has 0 aliphatic carbocycles. The van der Waals surface area contributed by atoms with Gasteiger partial charge in [0.25, 0.3) is 10.0 Å². The number of nitrogens with one attached hydrogen (secondary N) is 1. The van der Waals surface area contributed by atoms with Gasteiger partial charge >= 0.3 is 0 Å². The van der Waals surface area contributed by atoms with E-state index >= 15 is 0 Å². The molecule has 4 aromatic rings. The summed E-state index contributed by atoms with van der Waals surface area (Å²) in [5.41, 5.74) is 2.00. The van der Waals surface area contributed by atoms with Crippen LogP contribution in [0.4, 0.5) is 5.69 Å². The van der Waals surface area contributed by atoms with Gasteiger partial charge in [-0.2, -0.15) is 0 Å². The van der Waals surface area contributed by atoms with Crippen LogP contribution in [-0.2, 0) is 32.6 Å². The third kappa shape index (κ3) is 8.78. The summed E-state index contributed by atoms with van der Waals surface area (Å²) in [6.45, 7) is 3.32. The molecule has 224 valence electrons. The van der Waals surface area contributed by atoms with Crippen molar-refractivity contribution in [2.45, 2.75) is 43.8 Å². The fraction of sp³-hybridized carbons (Fsp3) is 0.212. The van der Waals surface area contributed by atoms with Crippen LogP contribution in [0.2, 0.25) is 0 Å². The average Bonchev–Trinajstić information content (AvgIpc) is 2.99. The van der Waals surface area contributed by atoms with Crippen LogP contribution in [0.25, 0.3) is 0 Å². The first kappa shape index (κ1) is 32.4. The monoisotopic (exact) mass is 725 g/mol. The summed E-state index contributed by atoms with van der Waals surface area (Å²) in [6, 6.07) is 30.6. The number of amides is 2. The van der Waals surface area contributed by atoms with Crippen molar-refractivity contribution in [1.82, 2.24) is 10.2 Å². The van der Waals surface area contributed by atoms with Crippen LogP contribution in [0.15, 0.2) is 123 Å². The van der Waals surface area contributed by atoms with Crippen LogP contribution in [0.3, 0.4) is 0 Å². The standard InChI is InChI=1S/C33H33Br2N3O4S/c1-24(2)36-33(40)31(21-25-9-5-3-6-10-25)37(22-26-13-15-27(34)16-14-26)32(39)23-38(29-19-17-28(35)18-20-29)43(41,42)30-11-7-4-8-12-30/h3-20,24,31H,21-23H2,1-2H3,(H,36,40). The molecule has 4 rings (SSSR count). The molecule has 0 saturated carbocycles. The molecule has 43 heavy (non-hydrogen) atoms. The molecule has 1 atom stereocenters. The van der Waals surface area contributed by atoms with Crippen molar-refractivity contribution in [3.63, 3.8) is 0 Å². The van der Waals surface area contributed by atoms with Gasteiger partial charge in [-0.25, -0.2) is 8.42 Å². The molecule has 0 saturated heterocycles. The van der Waals surface area contributed by atoms with E-state index in [9.17, 15) is 18.0 Å². The van der Waals surface area contributed by atoms with Crippen molar-refractivity contribution in [3.05, 3.63) is 129 Å². The Labute approximate surface area is 270 Å². The van der Waals surface area contributed by atoms with Gasteiger partial charge in [0.2, 0.25) is 11.8 Å². The number of carbonyl (C=O) groups excluding carboxylic acids is 2. The lowest BCUT2D eigenvalue weighted by atomic mass is 10.0. The largest absolute Gasteiger partial charge is 0.352 e. The summed E-state index contributed by atoms with van der Waals surface area (Å²) in [4.78, 5) is 29.6. The predicted octanol–water partition coefficient (Wildman–Crippen LogP) is 6.57. The Bertz CT molecular complexity index is 1620. The van der Waals surface area contributed by atoms with Crippen molar-refractivity contribution < 1.29 is 18.0 Å². The van der Waals surface area contributed by atoms with E-state index in [0.717, 1.165) is 24.4 Å². The van der Waals surface area contributed by atoms with Gasteiger partial charge in [0.05, 0.1) is 10.6 Å². The van der Waals surface area contributed by atoms with Crippen LogP contribution in [0.5, 0.6) is 0 Å². The van der Waals surface area contributed by atoms with Crippen molar-refractivity contribution in [2.24, 2.45) is 0 Å². The van der Waals surface area contributed by atoms with Crippen LogP contribution in [0, 0.1) is 0 Å². The Morgan fingerprint density at radius 3 is 1.84 bits per heavy atom. The molecule has 0 bridgehead atoms. The number of halogens is 2. The van der Waals surface area contributed by atoms with Gasteiger partial charge in [-0.05, 0) is 73.5 Å². The number of anilines is 1. The third-order valence-corrected chi connectivity index (χ3v) is 9.54. The zero-order chi connectivity index (χ0) is 31.0. The molecule has 4 aromatic carbocycles. The molecular formula is C33H33Br2N3O4S. The molecule has 2 amide bonds. The second kappa shape index (κ2) is 14.8. The minimum atomic E-state index is -4.13. The van der Waals surface area contributed by atoms with Gasteiger partial charge < -0.3 is 10.2 Å². The molecule has 1 unspecified atom stereocenters. The normalized spacial score (nSPS) is 12.0. The Hall–Kier alpha value is -3.47. The first-order valence-corrected chi connectivity index (χ1v) is 16.8. The number of sulfonamides is 1. The van der Waals surface area contributed by atoms with E-state index in [1.54, 1.807) is 42.5 Å². The topological polar surface area (TPSA) is 86.8 Å². The average molecular weight is 728 g/mol. The summed E-state index contributed by atoms with van der Waals surface area (Å²) in [6.07, 6.45) is 0.255. The van der Waals surface area contributed by atoms with E-state index in [1.807, 2.05) is 68.4 Å². The zero-order valence-electron chi connectivity index (χ0n) is 23.9. The number of carbonyl (C=O) groups is 2. The summed E-state index contributed by atoms with van der Waals surface area (Å²) in [7, 11) is -4.13. The summed E-state index contributed by atoms with van der Waals surface area (Å²) < 4.78 is 30.7. The van der Waals surface area contributed by atoms with Gasteiger partial charge in [0, 0.05) is 28.0 Å². The van der Waals surface area contributed by atoms with E-state index in [0.29, 0.717) is 5.69 Å². The Balaban J connectivity index is 1.79. The van der Waals surface area contributed by atoms with E-state index in [1.165, 1.54) is 17.0 Å². The summed E-state index contributed by atoms with van der Waals surface area (Å²) in [5.74, 6) is -0.824. The Kier molecular flexibility index (Phi) is 11.2. The van der Waals surface area contributed by atoms with Crippen LogP contribution in [-0.4, -0.2) is 43.8 Å². The number of hydrogen-bond acceptors (Lipinski definition) is 4. The molecule has 7 nitrogen and oxygen atoms in total. The molecule has 0 spiro atoms. The minimum Gasteiger partial charge on any atom is -0.352 e. The highest BCUT2D eigenvalue weighted by Gasteiger charge is 2.34. The van der Waals surface area contributed by atoms with Crippen molar-refractivity contribution >= 4 is 59.4 Å². The Morgan fingerprint density at radius 1 is 0.744 bits per heavy atom. The van der Waals surface area contributed by atoms with Gasteiger partial charge in [0.15, 0.2) is 0 Å². The molecular weight excluding hydrogens is 694 g/mol. The van der Waals surface area contributed by atoms with Crippen LogP contribution >= 0.6 is 31.9 Å². The highest BCUT2D eigenvalue weighted by Crippen LogP contribution is 2.26. The van der Waals surface area contributed by atoms with Crippen LogP contribution in [0.1, 0.15) is 25.0 Å². The first-order valence-electron chi connectivity index (χ1n) is 13.8. The Morgan fingerprint density at radius 2 is 1.28 bits per heavy atom. The molecule has 0 aliphatic heterocycles. The number of rotatable bonds is 12. The summed E-state index contributed by atoms with van der Waals surface area (Å²) in [5, 5.41) is 2.96. The molecule has 0 aromatic heterocycles. The molecule has 10 heteroatoms. The maximum atomic E-state index is 14.4. The second-order valence-corrected chi connectivity index (χ2v) is 14.0. The van der Waals surface area contributed by atoms with Crippen molar-refractivity contribution in [2.75, 3.05) is 10.8 Å². The first-order chi connectivity index (χ1) is 20.5. The maximum Gasteiger partial charge on any atom is 0.264 e. The molecule has 0 fully saturated rings. The fourth-order valence-electron chi connectivity index (χ4n) is 4.58. The van der Waals surface area contributed by atoms with Crippen LogP contribution < -0.4 is 9.62 Å². The van der Waals surface area contributed by atoms with Gasteiger partial charge in [0.1, 0.15) is 12.6 Å². The smallest absolute Gasteiger partial charge is 0.264 e. The molecule has 0 heterocycles. The zero-order valence-corrected chi connectivity index (χ0v) is 27.8. The molecule has 0 aliphatic rings. The van der Waals surface area contributed by atoms with E-state index < -0.39 is 28.5 Å². The minimum absolute atomic E-state index is 0.0589. The van der Waals surface area contributed by atoms with Crippen molar-refractivity contribution in [3.8, 4) is 0 Å². The SMILES string of the molecule is CC(C)NC(=O)C(Cc1ccccc1)N(Cc1ccc(Br)cc1)C(=O)CN(c1ccc(Br)cc1)S(=O)(=O)c1ccccc1. The quantitative estimate of drug-likeness (QED) is 0.179. The van der Waals surface area contributed by atoms with E-state index in [4.69, 9.17) is 0 Å². The molecule has 1 N–H and O–H groups in total. The third-order valence-electron chi connectivity index (χ3n) is 6.69. The predicted molar refractivity (Wildman–Crippen MR) is 177 cm³/mol. The van der Waals surface area contributed by atoms with Crippen molar-refractivity contribution in [1.29, 1.82) is 0 Å². The highest BCUT2D eigenvalue weighted by molar-refractivity contribution is 9.10. The van der Waals surface area contributed by atoms with Gasteiger partial charge in [-0.15, -0.1) is 0 Å². The molecule has 0 radical (unpaired) electrons. The van der Waals surface area contributed by atoms with E-state index in [2.05, 4.69) is 37.2 Å². The fourth-order valence-corrected chi connectivity index (χ4v) is 6.54.